The average molecular weight is 321 g/mol. The lowest BCUT2D eigenvalue weighted by atomic mass is 10.1. The van der Waals surface area contributed by atoms with E-state index in [1.165, 1.54) is 6.07 Å². The summed E-state index contributed by atoms with van der Waals surface area (Å²) in [5, 5.41) is 11.4. The van der Waals surface area contributed by atoms with Gasteiger partial charge in [-0.3, -0.25) is 4.79 Å². The Balaban J connectivity index is 2.75. The summed E-state index contributed by atoms with van der Waals surface area (Å²) < 4.78 is 27.5. The first-order chi connectivity index (χ1) is 9.11. The van der Waals surface area contributed by atoms with E-state index in [1.807, 2.05) is 0 Å². The lowest BCUT2D eigenvalue weighted by Crippen LogP contribution is -2.51. The monoisotopic (exact) mass is 321 g/mol. The van der Waals surface area contributed by atoms with Crippen molar-refractivity contribution in [1.29, 1.82) is 0 Å². The molecule has 0 radical (unpaired) electrons. The van der Waals surface area contributed by atoms with Crippen molar-refractivity contribution >= 4 is 33.1 Å². The molecule has 1 heterocycles. The molecule has 0 aromatic carbocycles. The summed E-state index contributed by atoms with van der Waals surface area (Å²) in [6.45, 7) is 1.17. The molecule has 20 heavy (non-hydrogen) atoms. The van der Waals surface area contributed by atoms with E-state index in [9.17, 15) is 18.0 Å². The molecule has 1 aromatic heterocycles. The number of rotatable bonds is 6. The van der Waals surface area contributed by atoms with Crippen LogP contribution < -0.4 is 5.32 Å². The Hall–Kier alpha value is -1.45. The lowest BCUT2D eigenvalue weighted by Gasteiger charge is -2.21. The van der Waals surface area contributed by atoms with Gasteiger partial charge in [-0.15, -0.1) is 11.3 Å². The molecule has 9 heteroatoms. The summed E-state index contributed by atoms with van der Waals surface area (Å²) in [5.74, 6) is -2.21. The van der Waals surface area contributed by atoms with Crippen LogP contribution in [0.5, 0.6) is 0 Å². The van der Waals surface area contributed by atoms with Crippen molar-refractivity contribution in [3.63, 3.8) is 0 Å². The number of hydrogen-bond acceptors (Lipinski definition) is 6. The van der Waals surface area contributed by atoms with Crippen molar-refractivity contribution in [3.05, 3.63) is 17.0 Å². The third kappa shape index (κ3) is 3.56. The van der Waals surface area contributed by atoms with Crippen molar-refractivity contribution in [2.45, 2.75) is 23.3 Å². The Kier molecular flexibility index (Phi) is 4.90. The van der Waals surface area contributed by atoms with Gasteiger partial charge in [0.2, 0.25) is 5.60 Å². The molecule has 7 nitrogen and oxygen atoms in total. The van der Waals surface area contributed by atoms with E-state index < -0.39 is 27.3 Å². The Bertz CT molecular complexity index is 621. The van der Waals surface area contributed by atoms with Crippen molar-refractivity contribution < 1.29 is 27.9 Å². The fourth-order valence-corrected chi connectivity index (χ4v) is 3.18. The SMILES string of the molecule is COC(C)(C(=O)O)C(=O)NCc1ccc(S(C)(=O)=O)s1. The summed E-state index contributed by atoms with van der Waals surface area (Å²) >= 11 is 1.02. The van der Waals surface area contributed by atoms with E-state index in [-0.39, 0.29) is 10.8 Å². The zero-order chi connectivity index (χ0) is 15.6. The molecule has 1 aromatic rings. The maximum Gasteiger partial charge on any atom is 0.345 e. The zero-order valence-corrected chi connectivity index (χ0v) is 12.8. The minimum Gasteiger partial charge on any atom is -0.479 e. The molecule has 1 atom stereocenters. The average Bonchev–Trinajstić information content (AvgIpc) is 2.83. The molecule has 0 aliphatic carbocycles. The van der Waals surface area contributed by atoms with Crippen LogP contribution in [0.4, 0.5) is 0 Å². The Morgan fingerprint density at radius 1 is 1.45 bits per heavy atom. The first kappa shape index (κ1) is 16.6. The Labute approximate surface area is 120 Å². The van der Waals surface area contributed by atoms with Gasteiger partial charge < -0.3 is 15.2 Å². The molecule has 0 bridgehead atoms. The van der Waals surface area contributed by atoms with Crippen LogP contribution in [-0.2, 0) is 30.7 Å². The highest BCUT2D eigenvalue weighted by atomic mass is 32.2. The maximum absolute atomic E-state index is 11.8. The maximum atomic E-state index is 11.8. The molecule has 0 aliphatic rings. The van der Waals surface area contributed by atoms with E-state index in [2.05, 4.69) is 5.32 Å². The van der Waals surface area contributed by atoms with Crippen LogP contribution in [0.2, 0.25) is 0 Å². The van der Waals surface area contributed by atoms with Gasteiger partial charge in [0.05, 0.1) is 6.54 Å². The van der Waals surface area contributed by atoms with Gasteiger partial charge in [0, 0.05) is 18.2 Å². The van der Waals surface area contributed by atoms with Crippen LogP contribution in [0, 0.1) is 0 Å². The first-order valence-electron chi connectivity index (χ1n) is 5.47. The van der Waals surface area contributed by atoms with Crippen LogP contribution in [-0.4, -0.2) is 44.4 Å². The normalized spacial score (nSPS) is 14.6. The summed E-state index contributed by atoms with van der Waals surface area (Å²) in [4.78, 5) is 23.4. The molecule has 1 unspecified atom stereocenters. The van der Waals surface area contributed by atoms with Gasteiger partial charge in [-0.25, -0.2) is 13.2 Å². The predicted octanol–water partition coefficient (Wildman–Crippen LogP) is 0.258. The van der Waals surface area contributed by atoms with Gasteiger partial charge in [0.25, 0.3) is 5.91 Å². The first-order valence-corrected chi connectivity index (χ1v) is 8.17. The second-order valence-corrected chi connectivity index (χ2v) is 7.63. The molecule has 0 aliphatic heterocycles. The summed E-state index contributed by atoms with van der Waals surface area (Å²) in [7, 11) is -2.15. The van der Waals surface area contributed by atoms with Crippen LogP contribution in [0.25, 0.3) is 0 Å². The van der Waals surface area contributed by atoms with Crippen molar-refractivity contribution in [3.8, 4) is 0 Å². The largest absolute Gasteiger partial charge is 0.479 e. The number of methoxy groups -OCH3 is 1. The van der Waals surface area contributed by atoms with Gasteiger partial charge in [-0.2, -0.15) is 0 Å². The molecular weight excluding hydrogens is 306 g/mol. The number of carbonyl (C=O) groups is 2. The number of carbonyl (C=O) groups excluding carboxylic acids is 1. The topological polar surface area (TPSA) is 110 Å². The summed E-state index contributed by atoms with van der Waals surface area (Å²) in [6.07, 6.45) is 1.09. The molecule has 1 amide bonds. The Morgan fingerprint density at radius 3 is 2.45 bits per heavy atom. The highest BCUT2D eigenvalue weighted by Crippen LogP contribution is 2.21. The van der Waals surface area contributed by atoms with Crippen molar-refractivity contribution in [2.75, 3.05) is 13.4 Å². The van der Waals surface area contributed by atoms with Gasteiger partial charge in [0.15, 0.2) is 9.84 Å². The Morgan fingerprint density at radius 2 is 2.05 bits per heavy atom. The molecule has 0 fully saturated rings. The standard InChI is InChI=1S/C11H15NO6S2/c1-11(18-2,10(14)15)9(13)12-6-7-4-5-8(19-7)20(3,16)17/h4-5H,6H2,1-3H3,(H,12,13)(H,14,15). The molecule has 2 N–H and O–H groups in total. The summed E-state index contributed by atoms with van der Waals surface area (Å²) in [6, 6.07) is 3.00. The number of thiophene rings is 1. The number of carboxylic acid groups (broad SMARTS) is 1. The minimum atomic E-state index is -3.28. The molecule has 0 spiro atoms. The molecule has 0 saturated carbocycles. The fourth-order valence-electron chi connectivity index (χ4n) is 1.27. The van der Waals surface area contributed by atoms with E-state index in [1.54, 1.807) is 6.07 Å². The second kappa shape index (κ2) is 5.90. The van der Waals surface area contributed by atoms with E-state index in [0.717, 1.165) is 31.6 Å². The van der Waals surface area contributed by atoms with Crippen molar-refractivity contribution in [1.82, 2.24) is 5.32 Å². The number of carboxylic acids is 1. The molecule has 0 saturated heterocycles. The van der Waals surface area contributed by atoms with Crippen molar-refractivity contribution in [2.24, 2.45) is 0 Å². The van der Waals surface area contributed by atoms with E-state index in [4.69, 9.17) is 9.84 Å². The van der Waals surface area contributed by atoms with Crippen LogP contribution in [0.1, 0.15) is 11.8 Å². The summed E-state index contributed by atoms with van der Waals surface area (Å²) in [5.41, 5.74) is -1.98. The van der Waals surface area contributed by atoms with Gasteiger partial charge in [0.1, 0.15) is 4.21 Å². The van der Waals surface area contributed by atoms with E-state index in [0.29, 0.717) is 4.88 Å². The number of nitrogens with one attached hydrogen (secondary N) is 1. The van der Waals surface area contributed by atoms with Crippen LogP contribution in [0.3, 0.4) is 0 Å². The number of hydrogen-bond donors (Lipinski definition) is 2. The second-order valence-electron chi connectivity index (χ2n) is 4.22. The van der Waals surface area contributed by atoms with Crippen LogP contribution >= 0.6 is 11.3 Å². The number of ether oxygens (including phenoxy) is 1. The molecule has 112 valence electrons. The fraction of sp³-hybridized carbons (Fsp3) is 0.455. The molecular formula is C11H15NO6S2. The van der Waals surface area contributed by atoms with E-state index >= 15 is 0 Å². The lowest BCUT2D eigenvalue weighted by molar-refractivity contribution is -0.167. The van der Waals surface area contributed by atoms with Crippen LogP contribution in [0.15, 0.2) is 16.3 Å². The third-order valence-electron chi connectivity index (χ3n) is 2.68. The third-order valence-corrected chi connectivity index (χ3v) is 5.58. The number of amides is 1. The highest BCUT2D eigenvalue weighted by molar-refractivity contribution is 7.92. The highest BCUT2D eigenvalue weighted by Gasteiger charge is 2.41. The zero-order valence-electron chi connectivity index (χ0n) is 11.2. The quantitative estimate of drug-likeness (QED) is 0.727. The van der Waals surface area contributed by atoms with Gasteiger partial charge in [-0.1, -0.05) is 0 Å². The van der Waals surface area contributed by atoms with Gasteiger partial charge in [-0.05, 0) is 19.1 Å². The minimum absolute atomic E-state index is 0.0330. The van der Waals surface area contributed by atoms with Gasteiger partial charge >= 0.3 is 5.97 Å². The predicted molar refractivity (Wildman–Crippen MR) is 72.3 cm³/mol. The molecule has 1 rings (SSSR count). The number of aliphatic carboxylic acids is 1. The number of sulfone groups is 1. The smallest absolute Gasteiger partial charge is 0.345 e.